The van der Waals surface area contributed by atoms with Gasteiger partial charge in [0.1, 0.15) is 18.3 Å². The lowest BCUT2D eigenvalue weighted by atomic mass is 10.1. The summed E-state index contributed by atoms with van der Waals surface area (Å²) in [5.74, 6) is -0.180. The Hall–Kier alpha value is -3.07. The lowest BCUT2D eigenvalue weighted by Gasteiger charge is -2.32. The summed E-state index contributed by atoms with van der Waals surface area (Å²) in [6.45, 7) is 8.72. The van der Waals surface area contributed by atoms with E-state index in [1.807, 2.05) is 32.9 Å². The van der Waals surface area contributed by atoms with E-state index in [9.17, 15) is 18.0 Å². The molecule has 0 fully saturated rings. The highest BCUT2D eigenvalue weighted by molar-refractivity contribution is 7.92. The lowest BCUT2D eigenvalue weighted by molar-refractivity contribution is -0.139. The van der Waals surface area contributed by atoms with E-state index >= 15 is 0 Å². The number of methoxy groups -OCH3 is 1. The zero-order valence-electron chi connectivity index (χ0n) is 21.0. The van der Waals surface area contributed by atoms with E-state index in [2.05, 4.69) is 5.32 Å². The first-order valence-electron chi connectivity index (χ1n) is 11.1. The van der Waals surface area contributed by atoms with E-state index in [-0.39, 0.29) is 18.5 Å². The summed E-state index contributed by atoms with van der Waals surface area (Å²) < 4.78 is 31.7. The maximum atomic E-state index is 13.6. The molecule has 0 aliphatic heterocycles. The molecule has 0 saturated heterocycles. The Balaban J connectivity index is 2.44. The van der Waals surface area contributed by atoms with Crippen LogP contribution in [0.15, 0.2) is 42.5 Å². The van der Waals surface area contributed by atoms with Crippen molar-refractivity contribution in [3.63, 3.8) is 0 Å². The molecule has 2 amide bonds. The molecule has 0 spiro atoms. The summed E-state index contributed by atoms with van der Waals surface area (Å²) in [4.78, 5) is 27.7. The summed E-state index contributed by atoms with van der Waals surface area (Å²) in [7, 11) is -2.21. The van der Waals surface area contributed by atoms with Gasteiger partial charge in [0.05, 0.1) is 19.1 Å². The van der Waals surface area contributed by atoms with Crippen LogP contribution in [0.25, 0.3) is 0 Å². The van der Waals surface area contributed by atoms with Crippen LogP contribution in [0.4, 0.5) is 5.69 Å². The number of nitrogens with zero attached hydrogens (tertiary/aromatic N) is 2. The lowest BCUT2D eigenvalue weighted by Crippen LogP contribution is -2.52. The molecule has 1 N–H and O–H groups in total. The highest BCUT2D eigenvalue weighted by Gasteiger charge is 2.30. The number of nitrogens with one attached hydrogen (secondary N) is 1. The first kappa shape index (κ1) is 27.2. The van der Waals surface area contributed by atoms with Crippen molar-refractivity contribution in [1.82, 2.24) is 10.2 Å². The van der Waals surface area contributed by atoms with E-state index in [0.717, 1.165) is 27.3 Å². The highest BCUT2D eigenvalue weighted by Crippen LogP contribution is 2.24. The van der Waals surface area contributed by atoms with Crippen molar-refractivity contribution in [2.75, 3.05) is 24.2 Å². The second-order valence-corrected chi connectivity index (χ2v) is 10.7. The normalized spacial score (nSPS) is 12.2. The van der Waals surface area contributed by atoms with Gasteiger partial charge in [0, 0.05) is 12.6 Å². The van der Waals surface area contributed by atoms with Gasteiger partial charge in [-0.25, -0.2) is 8.42 Å². The molecule has 186 valence electrons. The molecule has 0 aliphatic rings. The van der Waals surface area contributed by atoms with Gasteiger partial charge in [0.2, 0.25) is 21.8 Å². The number of sulfonamides is 1. The van der Waals surface area contributed by atoms with Gasteiger partial charge in [-0.05, 0) is 63.9 Å². The molecular formula is C25H35N3O5S. The molecule has 0 bridgehead atoms. The zero-order valence-corrected chi connectivity index (χ0v) is 21.8. The zero-order chi connectivity index (χ0) is 25.6. The van der Waals surface area contributed by atoms with E-state index in [4.69, 9.17) is 4.74 Å². The number of carbonyl (C=O) groups excluding carboxylic acids is 2. The molecule has 2 aromatic carbocycles. The van der Waals surface area contributed by atoms with E-state index in [1.54, 1.807) is 51.3 Å². The Labute approximate surface area is 202 Å². The molecule has 2 rings (SSSR count). The minimum atomic E-state index is -3.77. The molecule has 8 nitrogen and oxygen atoms in total. The number of anilines is 1. The summed E-state index contributed by atoms with van der Waals surface area (Å²) in [5, 5.41) is 2.83. The number of ether oxygens (including phenoxy) is 1. The van der Waals surface area contributed by atoms with E-state index < -0.39 is 28.5 Å². The third-order valence-corrected chi connectivity index (χ3v) is 6.51. The number of benzene rings is 2. The third-order valence-electron chi connectivity index (χ3n) is 5.39. The van der Waals surface area contributed by atoms with E-state index in [0.29, 0.717) is 11.4 Å². The predicted molar refractivity (Wildman–Crippen MR) is 134 cm³/mol. The molecule has 0 aromatic heterocycles. The minimum Gasteiger partial charge on any atom is -0.497 e. The Morgan fingerprint density at radius 2 is 1.74 bits per heavy atom. The average Bonchev–Trinajstić information content (AvgIpc) is 2.74. The van der Waals surface area contributed by atoms with Crippen molar-refractivity contribution in [1.29, 1.82) is 0 Å². The van der Waals surface area contributed by atoms with Gasteiger partial charge in [-0.2, -0.15) is 0 Å². The molecule has 1 atom stereocenters. The second kappa shape index (κ2) is 11.4. The number of carbonyl (C=O) groups is 2. The van der Waals surface area contributed by atoms with Gasteiger partial charge in [-0.3, -0.25) is 13.9 Å². The Kier molecular flexibility index (Phi) is 9.09. The van der Waals surface area contributed by atoms with Gasteiger partial charge in [-0.15, -0.1) is 0 Å². The molecule has 2 aromatic rings. The number of hydrogen-bond acceptors (Lipinski definition) is 5. The molecule has 1 unspecified atom stereocenters. The summed E-state index contributed by atoms with van der Waals surface area (Å²) >= 11 is 0. The van der Waals surface area contributed by atoms with Crippen LogP contribution in [0, 0.1) is 13.8 Å². The molecule has 34 heavy (non-hydrogen) atoms. The average molecular weight is 490 g/mol. The highest BCUT2D eigenvalue weighted by atomic mass is 32.2. The summed E-state index contributed by atoms with van der Waals surface area (Å²) in [6.07, 6.45) is 1.07. The van der Waals surface area contributed by atoms with Gasteiger partial charge in [0.15, 0.2) is 0 Å². The monoisotopic (exact) mass is 489 g/mol. The molecule has 0 saturated carbocycles. The quantitative estimate of drug-likeness (QED) is 0.554. The fourth-order valence-corrected chi connectivity index (χ4v) is 4.54. The number of aryl methyl sites for hydroxylation is 2. The van der Waals surface area contributed by atoms with Crippen LogP contribution >= 0.6 is 0 Å². The van der Waals surface area contributed by atoms with Crippen LogP contribution < -0.4 is 14.4 Å². The van der Waals surface area contributed by atoms with Crippen LogP contribution in [0.5, 0.6) is 5.75 Å². The van der Waals surface area contributed by atoms with Gasteiger partial charge < -0.3 is 15.0 Å². The van der Waals surface area contributed by atoms with Gasteiger partial charge in [-0.1, -0.05) is 29.8 Å². The van der Waals surface area contributed by atoms with Crippen LogP contribution in [-0.2, 0) is 26.2 Å². The Bertz CT molecular complexity index is 1130. The Morgan fingerprint density at radius 1 is 1.06 bits per heavy atom. The van der Waals surface area contributed by atoms with Crippen molar-refractivity contribution >= 4 is 27.5 Å². The van der Waals surface area contributed by atoms with Crippen LogP contribution in [0.2, 0.25) is 0 Å². The van der Waals surface area contributed by atoms with Crippen LogP contribution in [0.3, 0.4) is 0 Å². The first-order valence-corrected chi connectivity index (χ1v) is 13.0. The Morgan fingerprint density at radius 3 is 2.29 bits per heavy atom. The van der Waals surface area contributed by atoms with Crippen LogP contribution in [-0.4, -0.2) is 57.1 Å². The molecule has 0 aliphatic carbocycles. The molecule has 0 radical (unpaired) electrons. The van der Waals surface area contributed by atoms with Crippen molar-refractivity contribution in [2.45, 2.75) is 53.2 Å². The smallest absolute Gasteiger partial charge is 0.244 e. The first-order chi connectivity index (χ1) is 15.8. The fourth-order valence-electron chi connectivity index (χ4n) is 3.64. The maximum absolute atomic E-state index is 13.6. The minimum absolute atomic E-state index is 0.105. The van der Waals surface area contributed by atoms with Gasteiger partial charge in [0.25, 0.3) is 0 Å². The van der Waals surface area contributed by atoms with Crippen molar-refractivity contribution in [3.8, 4) is 5.75 Å². The largest absolute Gasteiger partial charge is 0.497 e. The van der Waals surface area contributed by atoms with Crippen molar-refractivity contribution < 1.29 is 22.7 Å². The third kappa shape index (κ3) is 7.21. The summed E-state index contributed by atoms with van der Waals surface area (Å²) in [6, 6.07) is 11.6. The molecule has 9 heteroatoms. The number of hydrogen-bond donors (Lipinski definition) is 1. The van der Waals surface area contributed by atoms with Gasteiger partial charge >= 0.3 is 0 Å². The summed E-state index contributed by atoms with van der Waals surface area (Å²) in [5.41, 5.74) is 2.92. The topological polar surface area (TPSA) is 96.0 Å². The molecular weight excluding hydrogens is 454 g/mol. The fraction of sp³-hybridized carbons (Fsp3) is 0.440. The maximum Gasteiger partial charge on any atom is 0.244 e. The molecule has 0 heterocycles. The second-order valence-electron chi connectivity index (χ2n) is 8.77. The van der Waals surface area contributed by atoms with E-state index in [1.165, 1.54) is 4.90 Å². The van der Waals surface area contributed by atoms with Crippen molar-refractivity contribution in [2.24, 2.45) is 0 Å². The van der Waals surface area contributed by atoms with Crippen LogP contribution in [0.1, 0.15) is 37.5 Å². The standard InChI is InChI=1S/C25H35N3O5S/c1-17(2)26-25(30)20(5)27(15-21-9-8-10-22(14-21)33-6)24(29)16-28(34(7,31)32)23-12-11-18(3)13-19(23)4/h8-14,17,20H,15-16H2,1-7H3,(H,26,30). The van der Waals surface area contributed by atoms with Crippen molar-refractivity contribution in [3.05, 3.63) is 59.2 Å². The predicted octanol–water partition coefficient (Wildman–Crippen LogP) is 3.02. The number of amides is 2. The SMILES string of the molecule is COc1cccc(CN(C(=O)CN(c2ccc(C)cc2C)S(C)(=O)=O)C(C)C(=O)NC(C)C)c1. The number of rotatable bonds is 10.